The zero-order valence-electron chi connectivity index (χ0n) is 12.5. The van der Waals surface area contributed by atoms with Gasteiger partial charge in [-0.05, 0) is 45.3 Å². The molecule has 5 heteroatoms. The Morgan fingerprint density at radius 3 is 2.70 bits per heavy atom. The number of aromatic nitrogens is 1. The number of carbonyl (C=O) groups is 1. The van der Waals surface area contributed by atoms with E-state index >= 15 is 0 Å². The Morgan fingerprint density at radius 2 is 2.10 bits per heavy atom. The van der Waals surface area contributed by atoms with Crippen LogP contribution in [0.3, 0.4) is 0 Å². The number of nitrogens with one attached hydrogen (secondary N) is 2. The number of aryl methyl sites for hydroxylation is 1. The van der Waals surface area contributed by atoms with Gasteiger partial charge in [0.15, 0.2) is 5.43 Å². The number of piperidine rings is 1. The van der Waals surface area contributed by atoms with Gasteiger partial charge in [-0.15, -0.1) is 0 Å². The van der Waals surface area contributed by atoms with E-state index in [1.807, 2.05) is 0 Å². The van der Waals surface area contributed by atoms with E-state index < -0.39 is 0 Å². The van der Waals surface area contributed by atoms with Crippen molar-refractivity contribution in [3.05, 3.63) is 33.7 Å². The zero-order valence-corrected chi connectivity index (χ0v) is 12.5. The van der Waals surface area contributed by atoms with Crippen LogP contribution in [0.15, 0.2) is 17.1 Å². The van der Waals surface area contributed by atoms with E-state index in [9.17, 15) is 9.59 Å². The zero-order chi connectivity index (χ0) is 14.8. The van der Waals surface area contributed by atoms with E-state index in [4.69, 9.17) is 0 Å². The minimum atomic E-state index is -0.286. The molecule has 0 saturated carbocycles. The number of pyridine rings is 1. The second-order valence-corrected chi connectivity index (χ2v) is 6.19. The summed E-state index contributed by atoms with van der Waals surface area (Å²) in [5.41, 5.74) is 0.841. The fourth-order valence-corrected chi connectivity index (χ4v) is 2.47. The van der Waals surface area contributed by atoms with Gasteiger partial charge in [0.25, 0.3) is 5.91 Å². The van der Waals surface area contributed by atoms with Gasteiger partial charge in [-0.2, -0.15) is 0 Å². The van der Waals surface area contributed by atoms with Gasteiger partial charge in [-0.3, -0.25) is 9.59 Å². The first-order chi connectivity index (χ1) is 9.39. The van der Waals surface area contributed by atoms with Crippen LogP contribution in [-0.2, 0) is 0 Å². The topological polar surface area (TPSA) is 65.2 Å². The molecule has 0 atom stereocenters. The predicted octanol–water partition coefficient (Wildman–Crippen LogP) is 1.15. The van der Waals surface area contributed by atoms with Crippen LogP contribution in [0.2, 0.25) is 0 Å². The Labute approximate surface area is 119 Å². The summed E-state index contributed by atoms with van der Waals surface area (Å²) < 4.78 is 0. The highest BCUT2D eigenvalue weighted by molar-refractivity contribution is 5.93. The summed E-state index contributed by atoms with van der Waals surface area (Å²) in [7, 11) is 2.12. The summed E-state index contributed by atoms with van der Waals surface area (Å²) in [6.45, 7) is 6.71. The molecule has 110 valence electrons. The Bertz CT molecular complexity index is 542. The first-order valence-electron chi connectivity index (χ1n) is 7.06. The van der Waals surface area contributed by atoms with Gasteiger partial charge in [0, 0.05) is 24.5 Å². The Kier molecular flexibility index (Phi) is 4.28. The van der Waals surface area contributed by atoms with Gasteiger partial charge in [0.05, 0.1) is 0 Å². The minimum Gasteiger partial charge on any atom is -0.364 e. The smallest absolute Gasteiger partial charge is 0.256 e. The Hall–Kier alpha value is -1.62. The van der Waals surface area contributed by atoms with Crippen LogP contribution in [0, 0.1) is 12.3 Å². The predicted molar refractivity (Wildman–Crippen MR) is 79.0 cm³/mol. The average Bonchev–Trinajstić information content (AvgIpc) is 2.40. The monoisotopic (exact) mass is 277 g/mol. The van der Waals surface area contributed by atoms with Crippen LogP contribution in [0.4, 0.5) is 0 Å². The summed E-state index contributed by atoms with van der Waals surface area (Å²) in [6.07, 6.45) is 3.62. The highest BCUT2D eigenvalue weighted by Crippen LogP contribution is 2.29. The largest absolute Gasteiger partial charge is 0.364 e. The van der Waals surface area contributed by atoms with Crippen LogP contribution >= 0.6 is 0 Å². The molecule has 0 aliphatic carbocycles. The molecule has 0 unspecified atom stereocenters. The lowest BCUT2D eigenvalue weighted by Crippen LogP contribution is -2.44. The molecular formula is C15H23N3O2. The van der Waals surface area contributed by atoms with Crippen LogP contribution in [0.5, 0.6) is 0 Å². The van der Waals surface area contributed by atoms with Crippen molar-refractivity contribution >= 4 is 5.91 Å². The lowest BCUT2D eigenvalue weighted by atomic mass is 9.80. The third-order valence-corrected chi connectivity index (χ3v) is 4.17. The van der Waals surface area contributed by atoms with Crippen molar-refractivity contribution in [3.8, 4) is 0 Å². The van der Waals surface area contributed by atoms with Crippen LogP contribution in [0.1, 0.15) is 35.8 Å². The third kappa shape index (κ3) is 3.48. The number of rotatable bonds is 3. The van der Waals surface area contributed by atoms with E-state index in [1.165, 1.54) is 12.3 Å². The number of carbonyl (C=O) groups excluding carboxylic acids is 1. The summed E-state index contributed by atoms with van der Waals surface area (Å²) in [6, 6.07) is 1.45. The Balaban J connectivity index is 1.97. The Morgan fingerprint density at radius 1 is 1.45 bits per heavy atom. The molecule has 0 aromatic carbocycles. The molecule has 1 aliphatic heterocycles. The first-order valence-corrected chi connectivity index (χ1v) is 7.06. The molecular weight excluding hydrogens is 254 g/mol. The summed E-state index contributed by atoms with van der Waals surface area (Å²) in [4.78, 5) is 29.1. The van der Waals surface area contributed by atoms with E-state index in [-0.39, 0.29) is 22.3 Å². The van der Waals surface area contributed by atoms with E-state index in [0.29, 0.717) is 6.54 Å². The van der Waals surface area contributed by atoms with E-state index in [2.05, 4.69) is 29.2 Å². The third-order valence-electron chi connectivity index (χ3n) is 4.17. The van der Waals surface area contributed by atoms with Gasteiger partial charge in [-0.1, -0.05) is 6.92 Å². The normalized spacial score (nSPS) is 18.8. The second-order valence-electron chi connectivity index (χ2n) is 6.19. The molecule has 20 heavy (non-hydrogen) atoms. The van der Waals surface area contributed by atoms with Crippen LogP contribution in [0.25, 0.3) is 0 Å². The van der Waals surface area contributed by atoms with E-state index in [0.717, 1.165) is 31.6 Å². The SMILES string of the molecule is Cc1cc(=O)c(C(=O)NCC2(C)CCN(C)CC2)c[nH]1. The van der Waals surface area contributed by atoms with Crippen LogP contribution in [-0.4, -0.2) is 42.5 Å². The number of hydrogen-bond donors (Lipinski definition) is 2. The maximum absolute atomic E-state index is 12.1. The first kappa shape index (κ1) is 14.8. The van der Waals surface area contributed by atoms with Gasteiger partial charge in [0.2, 0.25) is 0 Å². The van der Waals surface area contributed by atoms with Crippen molar-refractivity contribution in [2.75, 3.05) is 26.7 Å². The maximum atomic E-state index is 12.1. The second kappa shape index (κ2) is 5.79. The number of likely N-dealkylation sites (tertiary alicyclic amines) is 1. The summed E-state index contributed by atoms with van der Waals surface area (Å²) in [5, 5.41) is 2.91. The molecule has 0 bridgehead atoms. The fourth-order valence-electron chi connectivity index (χ4n) is 2.47. The molecule has 1 aromatic rings. The van der Waals surface area contributed by atoms with E-state index in [1.54, 1.807) is 6.92 Å². The minimum absolute atomic E-state index is 0.125. The molecule has 0 radical (unpaired) electrons. The van der Waals surface area contributed by atoms with Crippen molar-refractivity contribution < 1.29 is 4.79 Å². The molecule has 2 heterocycles. The summed E-state index contributed by atoms with van der Waals surface area (Å²) in [5.74, 6) is -0.286. The molecule has 1 aliphatic rings. The molecule has 2 N–H and O–H groups in total. The number of aromatic amines is 1. The lowest BCUT2D eigenvalue weighted by Gasteiger charge is -2.37. The van der Waals surface area contributed by atoms with Gasteiger partial charge in [0.1, 0.15) is 5.56 Å². The van der Waals surface area contributed by atoms with Crippen molar-refractivity contribution in [1.29, 1.82) is 0 Å². The standard InChI is InChI=1S/C15H23N3O2/c1-11-8-13(19)12(9-16-11)14(20)17-10-15(2)4-6-18(3)7-5-15/h8-9H,4-7,10H2,1-3H3,(H,16,19)(H,17,20). The van der Waals surface area contributed by atoms with Crippen molar-refractivity contribution in [2.45, 2.75) is 26.7 Å². The van der Waals surface area contributed by atoms with Gasteiger partial charge < -0.3 is 15.2 Å². The molecule has 5 nitrogen and oxygen atoms in total. The average molecular weight is 277 g/mol. The highest BCUT2D eigenvalue weighted by atomic mass is 16.2. The highest BCUT2D eigenvalue weighted by Gasteiger charge is 2.29. The van der Waals surface area contributed by atoms with Crippen LogP contribution < -0.4 is 10.7 Å². The number of amides is 1. The van der Waals surface area contributed by atoms with Gasteiger partial charge >= 0.3 is 0 Å². The molecule has 1 fully saturated rings. The van der Waals surface area contributed by atoms with Crippen molar-refractivity contribution in [2.24, 2.45) is 5.41 Å². The maximum Gasteiger partial charge on any atom is 0.256 e. The van der Waals surface area contributed by atoms with Crippen molar-refractivity contribution in [1.82, 2.24) is 15.2 Å². The number of H-pyrrole nitrogens is 1. The number of hydrogen-bond acceptors (Lipinski definition) is 3. The fraction of sp³-hybridized carbons (Fsp3) is 0.600. The lowest BCUT2D eigenvalue weighted by molar-refractivity contribution is 0.0890. The van der Waals surface area contributed by atoms with Crippen molar-refractivity contribution in [3.63, 3.8) is 0 Å². The molecule has 0 spiro atoms. The molecule has 1 saturated heterocycles. The van der Waals surface area contributed by atoms with Gasteiger partial charge in [-0.25, -0.2) is 0 Å². The summed E-state index contributed by atoms with van der Waals surface area (Å²) >= 11 is 0. The number of nitrogens with zero attached hydrogens (tertiary/aromatic N) is 1. The molecule has 1 aromatic heterocycles. The molecule has 1 amide bonds. The molecule has 2 rings (SSSR count). The quantitative estimate of drug-likeness (QED) is 0.871.